The van der Waals surface area contributed by atoms with Crippen LogP contribution < -0.4 is 10.1 Å². The quantitative estimate of drug-likeness (QED) is 0.902. The molecule has 1 aliphatic heterocycles. The van der Waals surface area contributed by atoms with Crippen LogP contribution >= 0.6 is 23.7 Å². The van der Waals surface area contributed by atoms with Gasteiger partial charge < -0.3 is 10.1 Å². The second-order valence-corrected chi connectivity index (χ2v) is 5.00. The molecule has 1 N–H and O–H groups in total. The molecule has 0 saturated carbocycles. The number of halogens is 1. The molecule has 16 heavy (non-hydrogen) atoms. The van der Waals surface area contributed by atoms with Gasteiger partial charge in [-0.3, -0.25) is 4.90 Å². The topological polar surface area (TPSA) is 24.5 Å². The van der Waals surface area contributed by atoms with Crippen molar-refractivity contribution in [1.82, 2.24) is 10.2 Å². The molecule has 1 fully saturated rings. The number of hydrogen-bond donors (Lipinski definition) is 1. The Labute approximate surface area is 107 Å². The first-order valence-corrected chi connectivity index (χ1v) is 6.23. The van der Waals surface area contributed by atoms with E-state index in [9.17, 15) is 0 Å². The Morgan fingerprint density at radius 2 is 2.44 bits per heavy atom. The molecule has 2 heterocycles. The fourth-order valence-corrected chi connectivity index (χ4v) is 2.87. The molecule has 3 nitrogen and oxygen atoms in total. The smallest absolute Gasteiger partial charge is 0.134 e. The van der Waals surface area contributed by atoms with Gasteiger partial charge >= 0.3 is 0 Å². The lowest BCUT2D eigenvalue weighted by Gasteiger charge is -2.31. The summed E-state index contributed by atoms with van der Waals surface area (Å²) in [6, 6.07) is 2.65. The molecule has 0 spiro atoms. The Morgan fingerprint density at radius 3 is 3.12 bits per heavy atom. The summed E-state index contributed by atoms with van der Waals surface area (Å²) in [6.07, 6.45) is 0. The lowest BCUT2D eigenvalue weighted by atomic mass is 10.2. The van der Waals surface area contributed by atoms with Gasteiger partial charge in [-0.1, -0.05) is 0 Å². The van der Waals surface area contributed by atoms with Crippen molar-refractivity contribution in [2.45, 2.75) is 19.5 Å². The van der Waals surface area contributed by atoms with Gasteiger partial charge in [-0.05, 0) is 18.4 Å². The third-order valence-electron chi connectivity index (χ3n) is 2.74. The van der Waals surface area contributed by atoms with Gasteiger partial charge in [0, 0.05) is 32.2 Å². The van der Waals surface area contributed by atoms with Crippen molar-refractivity contribution in [3.05, 3.63) is 16.3 Å². The largest absolute Gasteiger partial charge is 0.496 e. The molecule has 1 saturated heterocycles. The van der Waals surface area contributed by atoms with Crippen molar-refractivity contribution in [3.8, 4) is 5.75 Å². The average molecular weight is 263 g/mol. The zero-order valence-electron chi connectivity index (χ0n) is 9.73. The zero-order valence-corrected chi connectivity index (χ0v) is 11.4. The van der Waals surface area contributed by atoms with E-state index >= 15 is 0 Å². The van der Waals surface area contributed by atoms with E-state index < -0.39 is 0 Å². The number of nitrogens with one attached hydrogen (secondary N) is 1. The maximum absolute atomic E-state index is 5.32. The van der Waals surface area contributed by atoms with E-state index in [0.717, 1.165) is 31.9 Å². The van der Waals surface area contributed by atoms with Gasteiger partial charge in [0.2, 0.25) is 0 Å². The second kappa shape index (κ2) is 6.45. The van der Waals surface area contributed by atoms with E-state index in [0.29, 0.717) is 6.04 Å². The van der Waals surface area contributed by atoms with Gasteiger partial charge in [-0.25, -0.2) is 0 Å². The number of hydrogen-bond acceptors (Lipinski definition) is 4. The van der Waals surface area contributed by atoms with Crippen LogP contribution in [0.1, 0.15) is 11.8 Å². The van der Waals surface area contributed by atoms with Crippen LogP contribution in [-0.2, 0) is 6.54 Å². The highest BCUT2D eigenvalue weighted by atomic mass is 35.5. The summed E-state index contributed by atoms with van der Waals surface area (Å²) in [5.74, 6) is 1.03. The van der Waals surface area contributed by atoms with Gasteiger partial charge in [0.1, 0.15) is 5.75 Å². The van der Waals surface area contributed by atoms with Crippen LogP contribution in [0, 0.1) is 0 Å². The molecule has 0 bridgehead atoms. The molecule has 0 aromatic carbocycles. The van der Waals surface area contributed by atoms with Crippen LogP contribution in [0.15, 0.2) is 11.4 Å². The molecule has 5 heteroatoms. The van der Waals surface area contributed by atoms with Crippen LogP contribution in [0.3, 0.4) is 0 Å². The molecular weight excluding hydrogens is 244 g/mol. The lowest BCUT2D eigenvalue weighted by molar-refractivity contribution is 0.199. The van der Waals surface area contributed by atoms with Crippen molar-refractivity contribution in [2.75, 3.05) is 26.7 Å². The summed E-state index contributed by atoms with van der Waals surface area (Å²) in [5.41, 5.74) is 0. The summed E-state index contributed by atoms with van der Waals surface area (Å²) in [7, 11) is 1.74. The molecule has 92 valence electrons. The van der Waals surface area contributed by atoms with Crippen LogP contribution in [0.5, 0.6) is 5.75 Å². The number of ether oxygens (including phenoxy) is 1. The van der Waals surface area contributed by atoms with Crippen molar-refractivity contribution in [2.24, 2.45) is 0 Å². The fourth-order valence-electron chi connectivity index (χ4n) is 1.98. The minimum atomic E-state index is 0. The first-order chi connectivity index (χ1) is 7.29. The first kappa shape index (κ1) is 13.8. The van der Waals surface area contributed by atoms with E-state index in [1.165, 1.54) is 4.88 Å². The average Bonchev–Trinajstić information content (AvgIpc) is 2.65. The number of methoxy groups -OCH3 is 1. The number of piperazine rings is 1. The number of thiophene rings is 1. The monoisotopic (exact) mass is 262 g/mol. The molecule has 0 radical (unpaired) electrons. The Morgan fingerprint density at radius 1 is 1.62 bits per heavy atom. The molecule has 1 aromatic rings. The van der Waals surface area contributed by atoms with Gasteiger partial charge in [0.05, 0.1) is 12.0 Å². The maximum atomic E-state index is 5.32. The predicted octanol–water partition coefficient (Wildman–Crippen LogP) is 1.97. The van der Waals surface area contributed by atoms with Gasteiger partial charge in [-0.2, -0.15) is 0 Å². The van der Waals surface area contributed by atoms with Gasteiger partial charge in [0.25, 0.3) is 0 Å². The molecule has 1 aromatic heterocycles. The summed E-state index contributed by atoms with van der Waals surface area (Å²) in [5, 5.41) is 5.55. The van der Waals surface area contributed by atoms with Gasteiger partial charge in [-0.15, -0.1) is 23.7 Å². The van der Waals surface area contributed by atoms with Crippen LogP contribution in [0.4, 0.5) is 0 Å². The summed E-state index contributed by atoms with van der Waals surface area (Å²) in [6.45, 7) is 6.60. The minimum absolute atomic E-state index is 0. The highest BCUT2D eigenvalue weighted by Crippen LogP contribution is 2.26. The number of nitrogens with zero attached hydrogens (tertiary/aromatic N) is 1. The van der Waals surface area contributed by atoms with Crippen molar-refractivity contribution in [3.63, 3.8) is 0 Å². The Balaban J connectivity index is 0.00000128. The van der Waals surface area contributed by atoms with E-state index in [4.69, 9.17) is 4.74 Å². The van der Waals surface area contributed by atoms with Crippen LogP contribution in [-0.4, -0.2) is 37.7 Å². The van der Waals surface area contributed by atoms with E-state index in [2.05, 4.69) is 22.5 Å². The highest BCUT2D eigenvalue weighted by molar-refractivity contribution is 7.10. The van der Waals surface area contributed by atoms with Crippen molar-refractivity contribution >= 4 is 23.7 Å². The lowest BCUT2D eigenvalue weighted by Crippen LogP contribution is -2.48. The van der Waals surface area contributed by atoms with Gasteiger partial charge in [0.15, 0.2) is 0 Å². The third-order valence-corrected chi connectivity index (χ3v) is 3.63. The summed E-state index contributed by atoms with van der Waals surface area (Å²) >= 11 is 1.78. The molecule has 2 rings (SSSR count). The SMILES string of the molecule is COc1ccsc1CN1CCN[C@H](C)C1.Cl. The van der Waals surface area contributed by atoms with Crippen molar-refractivity contribution < 1.29 is 4.74 Å². The summed E-state index contributed by atoms with van der Waals surface area (Å²) < 4.78 is 5.32. The van der Waals surface area contributed by atoms with Crippen molar-refractivity contribution in [1.29, 1.82) is 0 Å². The molecule has 1 aliphatic rings. The predicted molar refractivity (Wildman–Crippen MR) is 70.9 cm³/mol. The Hall–Kier alpha value is -0.290. The minimum Gasteiger partial charge on any atom is -0.496 e. The molecule has 0 aliphatic carbocycles. The van der Waals surface area contributed by atoms with Crippen LogP contribution in [0.2, 0.25) is 0 Å². The van der Waals surface area contributed by atoms with Crippen LogP contribution in [0.25, 0.3) is 0 Å². The standard InChI is InChI=1S/C11H18N2OS.ClH/c1-9-7-13(5-4-12-9)8-11-10(14-2)3-6-15-11;/h3,6,9,12H,4-5,7-8H2,1-2H3;1H/t9-;/m1./s1. The first-order valence-electron chi connectivity index (χ1n) is 5.35. The highest BCUT2D eigenvalue weighted by Gasteiger charge is 2.17. The Kier molecular flexibility index (Phi) is 5.55. The zero-order chi connectivity index (χ0) is 10.7. The van der Waals surface area contributed by atoms with E-state index in [1.807, 2.05) is 6.07 Å². The molecular formula is C11H19ClN2OS. The Bertz CT molecular complexity index is 319. The van der Waals surface area contributed by atoms with E-state index in [-0.39, 0.29) is 12.4 Å². The normalized spacial score (nSPS) is 21.5. The molecule has 0 unspecified atom stereocenters. The molecule has 0 amide bonds. The van der Waals surface area contributed by atoms with E-state index in [1.54, 1.807) is 18.4 Å². The molecule has 1 atom stereocenters. The fraction of sp³-hybridized carbons (Fsp3) is 0.636. The summed E-state index contributed by atoms with van der Waals surface area (Å²) in [4.78, 5) is 3.82. The number of rotatable bonds is 3. The third kappa shape index (κ3) is 3.35. The maximum Gasteiger partial charge on any atom is 0.134 e. The second-order valence-electron chi connectivity index (χ2n) is 4.00.